The number of rotatable bonds is 5. The summed E-state index contributed by atoms with van der Waals surface area (Å²) in [6.07, 6.45) is 8.83. The molecule has 1 N–H and O–H groups in total. The Balaban J connectivity index is 1.40. The Hall–Kier alpha value is -1.02. The molecule has 2 nitrogen and oxygen atoms in total. The minimum Gasteiger partial charge on any atom is -0.494 e. The van der Waals surface area contributed by atoms with Crippen molar-refractivity contribution in [2.45, 2.75) is 57.5 Å². The zero-order chi connectivity index (χ0) is 14.3. The summed E-state index contributed by atoms with van der Waals surface area (Å²) in [4.78, 5) is 0. The van der Waals surface area contributed by atoms with Crippen molar-refractivity contribution < 1.29 is 4.74 Å². The van der Waals surface area contributed by atoms with Crippen LogP contribution >= 0.6 is 0 Å². The van der Waals surface area contributed by atoms with E-state index in [1.54, 1.807) is 0 Å². The number of ether oxygens (including phenoxy) is 1. The summed E-state index contributed by atoms with van der Waals surface area (Å²) in [5.41, 5.74) is 1.85. The minimum absolute atomic E-state index is 0.466. The van der Waals surface area contributed by atoms with Gasteiger partial charge in [-0.25, -0.2) is 0 Å². The molecule has 0 radical (unpaired) electrons. The van der Waals surface area contributed by atoms with Gasteiger partial charge in [0.25, 0.3) is 0 Å². The Morgan fingerprint density at radius 1 is 1.00 bits per heavy atom. The predicted octanol–water partition coefficient (Wildman–Crippen LogP) is 4.14. The van der Waals surface area contributed by atoms with Crippen LogP contribution in [0.5, 0.6) is 5.75 Å². The first kappa shape index (κ1) is 13.6. The van der Waals surface area contributed by atoms with Gasteiger partial charge in [-0.3, -0.25) is 0 Å². The van der Waals surface area contributed by atoms with Gasteiger partial charge >= 0.3 is 0 Å². The average Bonchev–Trinajstić information content (AvgIpc) is 2.46. The molecular weight excluding hydrogens is 258 g/mol. The van der Waals surface area contributed by atoms with Gasteiger partial charge in [-0.15, -0.1) is 0 Å². The molecule has 4 fully saturated rings. The molecule has 1 aromatic carbocycles. The molecule has 21 heavy (non-hydrogen) atoms. The highest BCUT2D eigenvalue weighted by Gasteiger charge is 2.50. The van der Waals surface area contributed by atoms with E-state index in [9.17, 15) is 0 Å². The summed E-state index contributed by atoms with van der Waals surface area (Å²) in [5, 5.41) is 3.95. The molecule has 114 valence electrons. The zero-order valence-electron chi connectivity index (χ0n) is 13.1. The number of hydrogen-bond acceptors (Lipinski definition) is 2. The Morgan fingerprint density at radius 2 is 1.57 bits per heavy atom. The van der Waals surface area contributed by atoms with Gasteiger partial charge in [-0.2, -0.15) is 0 Å². The standard InChI is InChI=1S/C19H27NO/c1-2-21-18-5-3-14(4-6-18)13-20-19-10-15-7-16(11-19)9-17(8-15)12-19/h3-6,15-17,20H,2,7-13H2,1H3. The Bertz CT molecular complexity index is 458. The molecule has 0 heterocycles. The summed E-state index contributed by atoms with van der Waals surface area (Å²) >= 11 is 0. The van der Waals surface area contributed by atoms with E-state index in [2.05, 4.69) is 29.6 Å². The third-order valence-corrected chi connectivity index (χ3v) is 5.94. The van der Waals surface area contributed by atoms with E-state index >= 15 is 0 Å². The molecule has 0 spiro atoms. The fourth-order valence-electron chi connectivity index (χ4n) is 5.49. The third kappa shape index (κ3) is 2.70. The first-order valence-electron chi connectivity index (χ1n) is 8.71. The maximum Gasteiger partial charge on any atom is 0.119 e. The average molecular weight is 285 g/mol. The van der Waals surface area contributed by atoms with Crippen molar-refractivity contribution in [3.63, 3.8) is 0 Å². The van der Waals surface area contributed by atoms with Gasteiger partial charge < -0.3 is 10.1 Å². The first-order chi connectivity index (χ1) is 10.2. The highest BCUT2D eigenvalue weighted by atomic mass is 16.5. The molecule has 0 aromatic heterocycles. The van der Waals surface area contributed by atoms with Crippen molar-refractivity contribution in [2.24, 2.45) is 17.8 Å². The predicted molar refractivity (Wildman–Crippen MR) is 85.4 cm³/mol. The van der Waals surface area contributed by atoms with Crippen LogP contribution in [0.2, 0.25) is 0 Å². The highest BCUT2D eigenvalue weighted by molar-refractivity contribution is 5.27. The summed E-state index contributed by atoms with van der Waals surface area (Å²) in [5.74, 6) is 4.04. The molecule has 0 saturated heterocycles. The molecule has 4 aliphatic rings. The highest BCUT2D eigenvalue weighted by Crippen LogP contribution is 2.55. The molecule has 4 aliphatic carbocycles. The molecule has 1 aromatic rings. The van der Waals surface area contributed by atoms with Crippen LogP contribution in [0.15, 0.2) is 24.3 Å². The Kier molecular flexibility index (Phi) is 3.45. The van der Waals surface area contributed by atoms with Crippen LogP contribution in [0, 0.1) is 17.8 Å². The topological polar surface area (TPSA) is 21.3 Å². The Morgan fingerprint density at radius 3 is 2.10 bits per heavy atom. The van der Waals surface area contributed by atoms with Crippen LogP contribution in [-0.4, -0.2) is 12.1 Å². The summed E-state index contributed by atoms with van der Waals surface area (Å²) in [7, 11) is 0. The lowest BCUT2D eigenvalue weighted by Gasteiger charge is -2.57. The van der Waals surface area contributed by atoms with Crippen molar-refractivity contribution >= 4 is 0 Å². The lowest BCUT2D eigenvalue weighted by Crippen LogP contribution is -2.58. The molecule has 0 atom stereocenters. The maximum absolute atomic E-state index is 5.52. The van der Waals surface area contributed by atoms with Crippen LogP contribution in [0.1, 0.15) is 51.0 Å². The maximum atomic E-state index is 5.52. The minimum atomic E-state index is 0.466. The van der Waals surface area contributed by atoms with E-state index < -0.39 is 0 Å². The van der Waals surface area contributed by atoms with Crippen LogP contribution in [-0.2, 0) is 6.54 Å². The molecule has 0 unspecified atom stereocenters. The lowest BCUT2D eigenvalue weighted by molar-refractivity contribution is -0.0206. The molecule has 5 rings (SSSR count). The second-order valence-electron chi connectivity index (χ2n) is 7.63. The SMILES string of the molecule is CCOc1ccc(CNC23CC4CC(CC(C4)C2)C3)cc1. The molecule has 4 saturated carbocycles. The van der Waals surface area contributed by atoms with Gasteiger partial charge in [0.05, 0.1) is 6.61 Å². The van der Waals surface area contributed by atoms with Crippen molar-refractivity contribution in [1.29, 1.82) is 0 Å². The van der Waals surface area contributed by atoms with Gasteiger partial charge in [-0.1, -0.05) is 12.1 Å². The van der Waals surface area contributed by atoms with E-state index in [1.165, 1.54) is 44.1 Å². The van der Waals surface area contributed by atoms with Gasteiger partial charge in [0.15, 0.2) is 0 Å². The van der Waals surface area contributed by atoms with Gasteiger partial charge in [0, 0.05) is 12.1 Å². The second-order valence-corrected chi connectivity index (χ2v) is 7.63. The molecule has 0 aliphatic heterocycles. The molecule has 4 bridgehead atoms. The van der Waals surface area contributed by atoms with E-state index in [1.807, 2.05) is 6.92 Å². The van der Waals surface area contributed by atoms with Crippen molar-refractivity contribution in [2.75, 3.05) is 6.61 Å². The summed E-state index contributed by atoms with van der Waals surface area (Å²) in [6, 6.07) is 8.61. The fraction of sp³-hybridized carbons (Fsp3) is 0.684. The molecule has 2 heteroatoms. The van der Waals surface area contributed by atoms with E-state index in [0.29, 0.717) is 5.54 Å². The summed E-state index contributed by atoms with van der Waals surface area (Å²) in [6.45, 7) is 3.78. The molecule has 0 amide bonds. The van der Waals surface area contributed by atoms with Crippen molar-refractivity contribution in [1.82, 2.24) is 5.32 Å². The number of hydrogen-bond donors (Lipinski definition) is 1. The second kappa shape index (κ2) is 5.31. The first-order valence-corrected chi connectivity index (χ1v) is 8.71. The van der Waals surface area contributed by atoms with Crippen molar-refractivity contribution in [3.05, 3.63) is 29.8 Å². The number of nitrogens with one attached hydrogen (secondary N) is 1. The Labute approximate surface area is 128 Å². The lowest BCUT2D eigenvalue weighted by atomic mass is 9.53. The third-order valence-electron chi connectivity index (χ3n) is 5.94. The van der Waals surface area contributed by atoms with Crippen molar-refractivity contribution in [3.8, 4) is 5.75 Å². The van der Waals surface area contributed by atoms with Gasteiger partial charge in [0.2, 0.25) is 0 Å². The van der Waals surface area contributed by atoms with E-state index in [0.717, 1.165) is 36.7 Å². The molecular formula is C19H27NO. The van der Waals surface area contributed by atoms with E-state index in [4.69, 9.17) is 4.74 Å². The van der Waals surface area contributed by atoms with Crippen LogP contribution < -0.4 is 10.1 Å². The number of benzene rings is 1. The van der Waals surface area contributed by atoms with Gasteiger partial charge in [-0.05, 0) is 80.9 Å². The zero-order valence-corrected chi connectivity index (χ0v) is 13.1. The van der Waals surface area contributed by atoms with E-state index in [-0.39, 0.29) is 0 Å². The smallest absolute Gasteiger partial charge is 0.119 e. The quantitative estimate of drug-likeness (QED) is 0.877. The van der Waals surface area contributed by atoms with Gasteiger partial charge in [0.1, 0.15) is 5.75 Å². The summed E-state index contributed by atoms with van der Waals surface area (Å²) < 4.78 is 5.52. The van der Waals surface area contributed by atoms with Crippen LogP contribution in [0.4, 0.5) is 0 Å². The monoisotopic (exact) mass is 285 g/mol. The largest absolute Gasteiger partial charge is 0.494 e. The van der Waals surface area contributed by atoms with Crippen LogP contribution in [0.25, 0.3) is 0 Å². The normalized spacial score (nSPS) is 36.9. The fourth-order valence-corrected chi connectivity index (χ4v) is 5.49. The van der Waals surface area contributed by atoms with Crippen LogP contribution in [0.3, 0.4) is 0 Å².